The summed E-state index contributed by atoms with van der Waals surface area (Å²) in [6, 6.07) is -0.196. The van der Waals surface area contributed by atoms with Gasteiger partial charge >= 0.3 is 0 Å². The van der Waals surface area contributed by atoms with Gasteiger partial charge in [-0.2, -0.15) is 0 Å². The van der Waals surface area contributed by atoms with E-state index in [2.05, 4.69) is 4.98 Å². The second kappa shape index (κ2) is 5.30. The second-order valence-corrected chi connectivity index (χ2v) is 6.93. The highest BCUT2D eigenvalue weighted by Gasteiger charge is 2.23. The van der Waals surface area contributed by atoms with Crippen LogP contribution in [0.4, 0.5) is 0 Å². The van der Waals surface area contributed by atoms with E-state index < -0.39 is 0 Å². The zero-order chi connectivity index (χ0) is 14.3. The van der Waals surface area contributed by atoms with E-state index in [0.717, 1.165) is 29.5 Å². The molecule has 5 heteroatoms. The fourth-order valence-corrected chi connectivity index (χ4v) is 4.23. The van der Waals surface area contributed by atoms with Gasteiger partial charge in [0, 0.05) is 4.88 Å². The maximum atomic E-state index is 12.8. The van der Waals surface area contributed by atoms with E-state index in [0.29, 0.717) is 0 Å². The van der Waals surface area contributed by atoms with Crippen molar-refractivity contribution in [3.05, 3.63) is 27.1 Å². The SMILES string of the molecule is CC(C)C(CO)n1cnc2sc3c(c2c1=O)CCCC3. The summed E-state index contributed by atoms with van der Waals surface area (Å²) in [4.78, 5) is 19.4. The Morgan fingerprint density at radius 2 is 2.15 bits per heavy atom. The van der Waals surface area contributed by atoms with Crippen LogP contribution in [0.15, 0.2) is 11.1 Å². The number of rotatable bonds is 3. The fourth-order valence-electron chi connectivity index (χ4n) is 3.02. The highest BCUT2D eigenvalue weighted by molar-refractivity contribution is 7.18. The predicted molar refractivity (Wildman–Crippen MR) is 81.5 cm³/mol. The smallest absolute Gasteiger partial charge is 0.262 e. The first-order valence-electron chi connectivity index (χ1n) is 7.25. The zero-order valence-electron chi connectivity index (χ0n) is 11.9. The summed E-state index contributed by atoms with van der Waals surface area (Å²) in [7, 11) is 0. The molecule has 0 saturated carbocycles. The van der Waals surface area contributed by atoms with E-state index in [-0.39, 0.29) is 24.1 Å². The van der Waals surface area contributed by atoms with Crippen LogP contribution in [0.5, 0.6) is 0 Å². The lowest BCUT2D eigenvalue weighted by Gasteiger charge is -2.20. The summed E-state index contributed by atoms with van der Waals surface area (Å²) in [5, 5.41) is 10.3. The topological polar surface area (TPSA) is 55.1 Å². The molecule has 2 heterocycles. The van der Waals surface area contributed by atoms with E-state index in [9.17, 15) is 9.90 Å². The van der Waals surface area contributed by atoms with Gasteiger partial charge in [0.05, 0.1) is 24.4 Å². The van der Waals surface area contributed by atoms with Crippen molar-refractivity contribution in [2.75, 3.05) is 6.61 Å². The van der Waals surface area contributed by atoms with E-state index in [1.165, 1.54) is 16.9 Å². The van der Waals surface area contributed by atoms with Gasteiger partial charge in [0.1, 0.15) is 4.83 Å². The number of nitrogens with zero attached hydrogens (tertiary/aromatic N) is 2. The van der Waals surface area contributed by atoms with Gasteiger partial charge in [0.2, 0.25) is 0 Å². The molecular weight excluding hydrogens is 272 g/mol. The minimum Gasteiger partial charge on any atom is -0.394 e. The minimum atomic E-state index is -0.196. The molecule has 2 aromatic heterocycles. The Morgan fingerprint density at radius 1 is 1.40 bits per heavy atom. The Kier molecular flexibility index (Phi) is 3.65. The summed E-state index contributed by atoms with van der Waals surface area (Å²) in [5.74, 6) is 0.200. The number of aromatic nitrogens is 2. The maximum absolute atomic E-state index is 12.8. The molecule has 1 unspecified atom stereocenters. The standard InChI is InChI=1S/C15H20N2O2S/c1-9(2)11(7-18)17-8-16-14-13(15(17)19)10-5-3-4-6-12(10)20-14/h8-9,11,18H,3-7H2,1-2H3. The number of fused-ring (bicyclic) bond motifs is 3. The Labute approximate surface area is 122 Å². The Morgan fingerprint density at radius 3 is 2.85 bits per heavy atom. The van der Waals surface area contributed by atoms with E-state index in [1.807, 2.05) is 13.8 Å². The molecule has 1 aliphatic rings. The van der Waals surface area contributed by atoms with E-state index in [4.69, 9.17) is 0 Å². The van der Waals surface area contributed by atoms with Crippen LogP contribution >= 0.6 is 11.3 Å². The molecule has 108 valence electrons. The van der Waals surface area contributed by atoms with Crippen molar-refractivity contribution < 1.29 is 5.11 Å². The average molecular weight is 292 g/mol. The third kappa shape index (κ3) is 2.09. The van der Waals surface area contributed by atoms with Gasteiger partial charge in [-0.25, -0.2) is 4.98 Å². The molecule has 0 aromatic carbocycles. The Hall–Kier alpha value is -1.20. The lowest BCUT2D eigenvalue weighted by atomic mass is 9.97. The van der Waals surface area contributed by atoms with Gasteiger partial charge < -0.3 is 5.11 Å². The first-order chi connectivity index (χ1) is 9.63. The lowest BCUT2D eigenvalue weighted by molar-refractivity contribution is 0.189. The van der Waals surface area contributed by atoms with Crippen molar-refractivity contribution in [3.8, 4) is 0 Å². The van der Waals surface area contributed by atoms with Crippen molar-refractivity contribution in [3.63, 3.8) is 0 Å². The molecule has 0 saturated heterocycles. The number of aliphatic hydroxyl groups is 1. The first-order valence-corrected chi connectivity index (χ1v) is 8.07. The monoisotopic (exact) mass is 292 g/mol. The normalized spacial score (nSPS) is 16.6. The molecule has 4 nitrogen and oxygen atoms in total. The quantitative estimate of drug-likeness (QED) is 0.945. The van der Waals surface area contributed by atoms with Crippen LogP contribution in [0.2, 0.25) is 0 Å². The third-order valence-electron chi connectivity index (χ3n) is 4.21. The summed E-state index contributed by atoms with van der Waals surface area (Å²) in [6.45, 7) is 4.00. The van der Waals surface area contributed by atoms with Crippen LogP contribution in [0.25, 0.3) is 10.2 Å². The van der Waals surface area contributed by atoms with Gasteiger partial charge in [-0.15, -0.1) is 11.3 Å². The predicted octanol–water partition coefficient (Wildman–Crippen LogP) is 2.53. The number of hydrogen-bond acceptors (Lipinski definition) is 4. The van der Waals surface area contributed by atoms with Gasteiger partial charge in [-0.05, 0) is 37.2 Å². The van der Waals surface area contributed by atoms with Gasteiger partial charge in [0.25, 0.3) is 5.56 Å². The summed E-state index contributed by atoms with van der Waals surface area (Å²) in [5.41, 5.74) is 1.23. The molecule has 1 N–H and O–H groups in total. The molecule has 2 aromatic rings. The zero-order valence-corrected chi connectivity index (χ0v) is 12.7. The van der Waals surface area contributed by atoms with Crippen molar-refractivity contribution in [1.29, 1.82) is 0 Å². The van der Waals surface area contributed by atoms with E-state index >= 15 is 0 Å². The molecule has 0 fully saturated rings. The first kappa shape index (κ1) is 13.8. The number of aliphatic hydroxyl groups excluding tert-OH is 1. The summed E-state index contributed by atoms with van der Waals surface area (Å²) in [6.07, 6.45) is 6.03. The molecule has 0 bridgehead atoms. The fraction of sp³-hybridized carbons (Fsp3) is 0.600. The molecular formula is C15H20N2O2S. The number of thiophene rings is 1. The third-order valence-corrected chi connectivity index (χ3v) is 5.41. The largest absolute Gasteiger partial charge is 0.394 e. The van der Waals surface area contributed by atoms with Crippen molar-refractivity contribution in [2.24, 2.45) is 5.92 Å². The molecule has 0 amide bonds. The van der Waals surface area contributed by atoms with Crippen LogP contribution in [0.3, 0.4) is 0 Å². The average Bonchev–Trinajstić information content (AvgIpc) is 2.81. The Balaban J connectivity index is 2.22. The highest BCUT2D eigenvalue weighted by Crippen LogP contribution is 2.33. The molecule has 0 radical (unpaired) electrons. The van der Waals surface area contributed by atoms with Crippen molar-refractivity contribution >= 4 is 21.6 Å². The van der Waals surface area contributed by atoms with Crippen molar-refractivity contribution in [2.45, 2.75) is 45.6 Å². The van der Waals surface area contributed by atoms with Crippen LogP contribution in [0, 0.1) is 5.92 Å². The van der Waals surface area contributed by atoms with Crippen LogP contribution < -0.4 is 5.56 Å². The second-order valence-electron chi connectivity index (χ2n) is 5.84. The molecule has 0 spiro atoms. The molecule has 0 aliphatic heterocycles. The number of aryl methyl sites for hydroxylation is 2. The Bertz CT molecular complexity index is 687. The summed E-state index contributed by atoms with van der Waals surface area (Å²) >= 11 is 1.66. The van der Waals surface area contributed by atoms with E-state index in [1.54, 1.807) is 22.2 Å². The molecule has 3 rings (SSSR count). The van der Waals surface area contributed by atoms with Gasteiger partial charge in [-0.3, -0.25) is 9.36 Å². The van der Waals surface area contributed by atoms with Crippen molar-refractivity contribution in [1.82, 2.24) is 9.55 Å². The minimum absolute atomic E-state index is 0.0159. The van der Waals surface area contributed by atoms with Crippen LogP contribution in [0.1, 0.15) is 43.2 Å². The van der Waals surface area contributed by atoms with Crippen LogP contribution in [-0.4, -0.2) is 21.3 Å². The maximum Gasteiger partial charge on any atom is 0.262 e. The van der Waals surface area contributed by atoms with Gasteiger partial charge in [0.15, 0.2) is 0 Å². The summed E-state index contributed by atoms with van der Waals surface area (Å²) < 4.78 is 1.62. The molecule has 20 heavy (non-hydrogen) atoms. The molecule has 1 aliphatic carbocycles. The van der Waals surface area contributed by atoms with Gasteiger partial charge in [-0.1, -0.05) is 13.8 Å². The lowest BCUT2D eigenvalue weighted by Crippen LogP contribution is -2.30. The van der Waals surface area contributed by atoms with Crippen LogP contribution in [-0.2, 0) is 12.8 Å². The highest BCUT2D eigenvalue weighted by atomic mass is 32.1. The number of hydrogen-bond donors (Lipinski definition) is 1. The molecule has 1 atom stereocenters.